The number of anilines is 1. The summed E-state index contributed by atoms with van der Waals surface area (Å²) in [4.78, 5) is 12.6. The van der Waals surface area contributed by atoms with Gasteiger partial charge in [-0.2, -0.15) is 23.4 Å². The van der Waals surface area contributed by atoms with Crippen molar-refractivity contribution in [3.63, 3.8) is 0 Å². The third kappa shape index (κ3) is 4.84. The van der Waals surface area contributed by atoms with Crippen molar-refractivity contribution >= 4 is 22.6 Å². The number of hydrogen-bond acceptors (Lipinski definition) is 3. The molecule has 0 bridgehead atoms. The fraction of sp³-hybridized carbons (Fsp3) is 0.261. The molecular formula is C23H23F3N6O. The maximum atomic E-state index is 12.9. The Kier molecular flexibility index (Phi) is 5.61. The number of aromatic amines is 1. The average Bonchev–Trinajstić information content (AvgIpc) is 3.39. The summed E-state index contributed by atoms with van der Waals surface area (Å²) in [6.07, 6.45) is -2.79. The van der Waals surface area contributed by atoms with Crippen molar-refractivity contribution in [2.24, 2.45) is 0 Å². The monoisotopic (exact) mass is 456 g/mol. The SMILES string of the molecule is CC(C)(C)c1cc(CNC(=O)Nc2cccc3[nH]ncc23)n(-c2ccc(C(F)(F)F)cc2)n1. The number of fused-ring (bicyclic) bond motifs is 1. The normalized spacial score (nSPS) is 12.2. The highest BCUT2D eigenvalue weighted by molar-refractivity contribution is 6.00. The van der Waals surface area contributed by atoms with Gasteiger partial charge in [0.25, 0.3) is 0 Å². The average molecular weight is 456 g/mol. The lowest BCUT2D eigenvalue weighted by Gasteiger charge is -2.14. The Bertz CT molecular complexity index is 1280. The fourth-order valence-corrected chi connectivity index (χ4v) is 3.34. The van der Waals surface area contributed by atoms with Gasteiger partial charge in [-0.3, -0.25) is 5.10 Å². The molecule has 0 saturated carbocycles. The maximum Gasteiger partial charge on any atom is 0.416 e. The molecule has 0 atom stereocenters. The van der Waals surface area contributed by atoms with E-state index in [0.29, 0.717) is 17.1 Å². The lowest BCUT2D eigenvalue weighted by molar-refractivity contribution is -0.137. The lowest BCUT2D eigenvalue weighted by atomic mass is 9.92. The third-order valence-electron chi connectivity index (χ3n) is 5.15. The van der Waals surface area contributed by atoms with E-state index in [1.165, 1.54) is 12.1 Å². The number of benzene rings is 2. The van der Waals surface area contributed by atoms with Crippen LogP contribution in [0.25, 0.3) is 16.6 Å². The Hall–Kier alpha value is -3.82. The Labute approximate surface area is 188 Å². The number of carbonyl (C=O) groups is 1. The number of nitrogens with one attached hydrogen (secondary N) is 3. The van der Waals surface area contributed by atoms with Gasteiger partial charge < -0.3 is 10.6 Å². The first-order valence-corrected chi connectivity index (χ1v) is 10.3. The van der Waals surface area contributed by atoms with Gasteiger partial charge in [-0.1, -0.05) is 26.8 Å². The number of amides is 2. The molecule has 3 N–H and O–H groups in total. The number of hydrogen-bond donors (Lipinski definition) is 3. The third-order valence-corrected chi connectivity index (χ3v) is 5.15. The first kappa shape index (κ1) is 22.4. The Morgan fingerprint density at radius 1 is 1.09 bits per heavy atom. The Morgan fingerprint density at radius 2 is 1.82 bits per heavy atom. The highest BCUT2D eigenvalue weighted by Crippen LogP contribution is 2.30. The molecule has 0 unspecified atom stereocenters. The summed E-state index contributed by atoms with van der Waals surface area (Å²) in [6, 6.07) is 11.6. The molecule has 2 aromatic carbocycles. The molecule has 0 radical (unpaired) electrons. The van der Waals surface area contributed by atoms with Crippen LogP contribution >= 0.6 is 0 Å². The molecule has 33 heavy (non-hydrogen) atoms. The van der Waals surface area contributed by atoms with Gasteiger partial charge in [-0.15, -0.1) is 0 Å². The molecular weight excluding hydrogens is 433 g/mol. The summed E-state index contributed by atoms with van der Waals surface area (Å²) in [5.74, 6) is 0. The van der Waals surface area contributed by atoms with Crippen molar-refractivity contribution in [1.29, 1.82) is 0 Å². The summed E-state index contributed by atoms with van der Waals surface area (Å²) in [5.41, 5.74) is 2.23. The van der Waals surface area contributed by atoms with Crippen LogP contribution in [0.2, 0.25) is 0 Å². The van der Waals surface area contributed by atoms with Crippen molar-refractivity contribution in [1.82, 2.24) is 25.3 Å². The van der Waals surface area contributed by atoms with E-state index in [1.807, 2.05) is 32.9 Å². The molecule has 0 aliphatic heterocycles. The van der Waals surface area contributed by atoms with Crippen LogP contribution in [0.3, 0.4) is 0 Å². The van der Waals surface area contributed by atoms with Gasteiger partial charge in [0.2, 0.25) is 0 Å². The van der Waals surface area contributed by atoms with Gasteiger partial charge in [-0.05, 0) is 42.5 Å². The first-order valence-electron chi connectivity index (χ1n) is 10.3. The molecule has 2 heterocycles. The van der Waals surface area contributed by atoms with Crippen LogP contribution < -0.4 is 10.6 Å². The number of halogens is 3. The number of H-pyrrole nitrogens is 1. The van der Waals surface area contributed by atoms with Crippen LogP contribution in [0.5, 0.6) is 0 Å². The van der Waals surface area contributed by atoms with Crippen LogP contribution in [0.4, 0.5) is 23.7 Å². The van der Waals surface area contributed by atoms with Crippen LogP contribution in [-0.4, -0.2) is 26.0 Å². The molecule has 2 amide bonds. The zero-order chi connectivity index (χ0) is 23.8. The zero-order valence-electron chi connectivity index (χ0n) is 18.3. The highest BCUT2D eigenvalue weighted by Gasteiger charge is 2.30. The van der Waals surface area contributed by atoms with Crippen LogP contribution in [0.15, 0.2) is 54.7 Å². The van der Waals surface area contributed by atoms with Crippen molar-refractivity contribution in [3.05, 3.63) is 71.7 Å². The summed E-state index contributed by atoms with van der Waals surface area (Å²) < 4.78 is 40.4. The Morgan fingerprint density at radius 3 is 2.48 bits per heavy atom. The zero-order valence-corrected chi connectivity index (χ0v) is 18.3. The molecule has 0 saturated heterocycles. The topological polar surface area (TPSA) is 87.6 Å². The van der Waals surface area contributed by atoms with Crippen LogP contribution in [0, 0.1) is 0 Å². The van der Waals surface area contributed by atoms with E-state index in [1.54, 1.807) is 23.0 Å². The van der Waals surface area contributed by atoms with E-state index in [9.17, 15) is 18.0 Å². The molecule has 0 spiro atoms. The smallest absolute Gasteiger partial charge is 0.332 e. The second-order valence-corrected chi connectivity index (χ2v) is 8.67. The van der Waals surface area contributed by atoms with Crippen LogP contribution in [-0.2, 0) is 18.1 Å². The minimum absolute atomic E-state index is 0.122. The van der Waals surface area contributed by atoms with Crippen molar-refractivity contribution in [3.8, 4) is 5.69 Å². The lowest BCUT2D eigenvalue weighted by Crippen LogP contribution is -2.29. The minimum Gasteiger partial charge on any atom is -0.332 e. The van der Waals surface area contributed by atoms with E-state index < -0.39 is 17.8 Å². The van der Waals surface area contributed by atoms with E-state index in [4.69, 9.17) is 0 Å². The quantitative estimate of drug-likeness (QED) is 0.385. The van der Waals surface area contributed by atoms with Crippen molar-refractivity contribution in [2.45, 2.75) is 38.9 Å². The van der Waals surface area contributed by atoms with Gasteiger partial charge in [0, 0.05) is 10.8 Å². The van der Waals surface area contributed by atoms with Crippen molar-refractivity contribution in [2.75, 3.05) is 5.32 Å². The standard InChI is InChI=1S/C23H23F3N6O/c1-22(2,3)20-11-16(32(31-20)15-9-7-14(8-10-15)23(24,25)26)12-27-21(33)29-18-5-4-6-19-17(18)13-28-30-19/h4-11,13H,12H2,1-3H3,(H,28,30)(H2,27,29,33). The number of nitrogens with zero attached hydrogens (tertiary/aromatic N) is 3. The predicted octanol–water partition coefficient (Wildman–Crippen LogP) is 5.39. The van der Waals surface area contributed by atoms with E-state index >= 15 is 0 Å². The number of rotatable bonds is 4. The largest absolute Gasteiger partial charge is 0.416 e. The fourth-order valence-electron chi connectivity index (χ4n) is 3.34. The predicted molar refractivity (Wildman–Crippen MR) is 119 cm³/mol. The van der Waals surface area contributed by atoms with E-state index in [0.717, 1.165) is 28.7 Å². The van der Waals surface area contributed by atoms with Gasteiger partial charge in [-0.25, -0.2) is 9.48 Å². The molecule has 4 aromatic rings. The second kappa shape index (κ2) is 8.27. The number of carbonyl (C=O) groups excluding carboxylic acids is 1. The Balaban J connectivity index is 1.56. The van der Waals surface area contributed by atoms with Gasteiger partial charge in [0.15, 0.2) is 0 Å². The number of urea groups is 1. The van der Waals surface area contributed by atoms with Crippen LogP contribution in [0.1, 0.15) is 37.7 Å². The first-order chi connectivity index (χ1) is 15.5. The summed E-state index contributed by atoms with van der Waals surface area (Å²) >= 11 is 0. The number of alkyl halides is 3. The molecule has 0 fully saturated rings. The number of aromatic nitrogens is 4. The van der Waals surface area contributed by atoms with Gasteiger partial charge in [0.05, 0.1) is 46.6 Å². The van der Waals surface area contributed by atoms with E-state index in [-0.39, 0.29) is 12.0 Å². The molecule has 0 aliphatic carbocycles. The molecule has 0 aliphatic rings. The molecule has 172 valence electrons. The highest BCUT2D eigenvalue weighted by atomic mass is 19.4. The van der Waals surface area contributed by atoms with Gasteiger partial charge in [0.1, 0.15) is 0 Å². The summed E-state index contributed by atoms with van der Waals surface area (Å²) in [6.45, 7) is 6.09. The summed E-state index contributed by atoms with van der Waals surface area (Å²) in [7, 11) is 0. The maximum absolute atomic E-state index is 12.9. The molecule has 10 heteroatoms. The second-order valence-electron chi connectivity index (χ2n) is 8.67. The minimum atomic E-state index is -4.42. The van der Waals surface area contributed by atoms with E-state index in [2.05, 4.69) is 25.9 Å². The van der Waals surface area contributed by atoms with Crippen molar-refractivity contribution < 1.29 is 18.0 Å². The summed E-state index contributed by atoms with van der Waals surface area (Å²) in [5, 5.41) is 17.8. The van der Waals surface area contributed by atoms with Gasteiger partial charge >= 0.3 is 12.2 Å². The molecule has 2 aromatic heterocycles. The molecule has 4 rings (SSSR count). The molecule has 7 nitrogen and oxygen atoms in total.